The van der Waals surface area contributed by atoms with Crippen molar-refractivity contribution in [2.24, 2.45) is 7.05 Å². The quantitative estimate of drug-likeness (QED) is 0.676. The summed E-state index contributed by atoms with van der Waals surface area (Å²) in [5, 5.41) is 11.8. The molecule has 3 aromatic rings. The first kappa shape index (κ1) is 18.1. The van der Waals surface area contributed by atoms with Gasteiger partial charge in [0.2, 0.25) is 5.91 Å². The van der Waals surface area contributed by atoms with E-state index in [2.05, 4.69) is 15.5 Å². The van der Waals surface area contributed by atoms with Crippen molar-refractivity contribution in [3.05, 3.63) is 65.5 Å². The average Bonchev–Trinajstić information content (AvgIpc) is 3.00. The summed E-state index contributed by atoms with van der Waals surface area (Å²) in [5.41, 5.74) is 2.59. The lowest BCUT2D eigenvalue weighted by Gasteiger charge is -2.07. The molecule has 0 aliphatic heterocycles. The molecule has 1 heterocycles. The van der Waals surface area contributed by atoms with Gasteiger partial charge in [0.05, 0.1) is 5.75 Å². The molecule has 0 radical (unpaired) electrons. The fraction of sp³-hybridized carbons (Fsp3) is 0.211. The summed E-state index contributed by atoms with van der Waals surface area (Å²) < 4.78 is 15.4. The van der Waals surface area contributed by atoms with Gasteiger partial charge in [-0.05, 0) is 18.6 Å². The summed E-state index contributed by atoms with van der Waals surface area (Å²) in [6.45, 7) is 2.19. The highest BCUT2D eigenvalue weighted by Crippen LogP contribution is 2.24. The summed E-state index contributed by atoms with van der Waals surface area (Å²) in [4.78, 5) is 12.0. The zero-order valence-electron chi connectivity index (χ0n) is 14.6. The van der Waals surface area contributed by atoms with Crippen molar-refractivity contribution in [2.75, 3.05) is 5.75 Å². The van der Waals surface area contributed by atoms with E-state index < -0.39 is 0 Å². The Morgan fingerprint density at radius 1 is 1.15 bits per heavy atom. The Hall–Kier alpha value is -2.67. The van der Waals surface area contributed by atoms with Crippen LogP contribution in [0.5, 0.6) is 0 Å². The molecule has 0 unspecified atom stereocenters. The molecule has 7 heteroatoms. The Labute approximate surface area is 155 Å². The Morgan fingerprint density at radius 2 is 1.88 bits per heavy atom. The molecule has 0 aliphatic rings. The molecule has 0 saturated heterocycles. The molecule has 26 heavy (non-hydrogen) atoms. The Morgan fingerprint density at radius 3 is 2.65 bits per heavy atom. The molecule has 0 fully saturated rings. The van der Waals surface area contributed by atoms with E-state index in [4.69, 9.17) is 0 Å². The van der Waals surface area contributed by atoms with E-state index in [1.54, 1.807) is 18.2 Å². The number of rotatable bonds is 6. The molecule has 5 nitrogen and oxygen atoms in total. The number of thioether (sulfide) groups is 1. The van der Waals surface area contributed by atoms with Crippen molar-refractivity contribution in [1.29, 1.82) is 0 Å². The molecule has 1 N–H and O–H groups in total. The third kappa shape index (κ3) is 4.11. The number of aryl methyl sites for hydroxylation is 1. The second kappa shape index (κ2) is 8.14. The van der Waals surface area contributed by atoms with Gasteiger partial charge in [-0.1, -0.05) is 54.2 Å². The summed E-state index contributed by atoms with van der Waals surface area (Å²) >= 11 is 1.30. The van der Waals surface area contributed by atoms with Crippen LogP contribution in [-0.2, 0) is 18.4 Å². The van der Waals surface area contributed by atoms with E-state index in [1.807, 2.05) is 42.8 Å². The van der Waals surface area contributed by atoms with Crippen LogP contribution in [-0.4, -0.2) is 26.4 Å². The van der Waals surface area contributed by atoms with Crippen molar-refractivity contribution in [2.45, 2.75) is 18.6 Å². The van der Waals surface area contributed by atoms with Gasteiger partial charge >= 0.3 is 0 Å². The van der Waals surface area contributed by atoms with E-state index in [-0.39, 0.29) is 24.0 Å². The van der Waals surface area contributed by atoms with Crippen molar-refractivity contribution in [1.82, 2.24) is 20.1 Å². The lowest BCUT2D eigenvalue weighted by atomic mass is 10.1. The largest absolute Gasteiger partial charge is 0.351 e. The molecule has 1 amide bonds. The van der Waals surface area contributed by atoms with Crippen LogP contribution in [0.4, 0.5) is 4.39 Å². The maximum absolute atomic E-state index is 13.6. The number of nitrogens with one attached hydrogen (secondary N) is 1. The van der Waals surface area contributed by atoms with Gasteiger partial charge in [0.15, 0.2) is 11.0 Å². The highest BCUT2D eigenvalue weighted by Gasteiger charge is 2.14. The van der Waals surface area contributed by atoms with E-state index in [0.717, 1.165) is 17.0 Å². The first-order chi connectivity index (χ1) is 12.6. The molecule has 0 bridgehead atoms. The van der Waals surface area contributed by atoms with Gasteiger partial charge in [0, 0.05) is 24.7 Å². The van der Waals surface area contributed by atoms with Gasteiger partial charge in [-0.15, -0.1) is 10.2 Å². The van der Waals surface area contributed by atoms with Crippen LogP contribution >= 0.6 is 11.8 Å². The number of benzene rings is 2. The Balaban J connectivity index is 1.59. The minimum Gasteiger partial charge on any atom is -0.351 e. The number of nitrogens with zero attached hydrogens (tertiary/aromatic N) is 3. The maximum atomic E-state index is 13.6. The molecule has 3 rings (SSSR count). The SMILES string of the molecule is Cc1ccccc1-c1nnc(SCC(=O)NCc2ccccc2F)n1C. The number of hydrogen-bond donors (Lipinski definition) is 1. The fourth-order valence-corrected chi connectivity index (χ4v) is 3.26. The standard InChI is InChI=1S/C19H19FN4OS/c1-13-7-3-5-9-15(13)18-22-23-19(24(18)2)26-12-17(25)21-11-14-8-4-6-10-16(14)20/h3-10H,11-12H2,1-2H3,(H,21,25). The number of halogens is 1. The maximum Gasteiger partial charge on any atom is 0.230 e. The van der Waals surface area contributed by atoms with Gasteiger partial charge in [-0.3, -0.25) is 4.79 Å². The molecule has 0 spiro atoms. The predicted molar refractivity (Wildman–Crippen MR) is 100 cm³/mol. The minimum atomic E-state index is -0.323. The second-order valence-electron chi connectivity index (χ2n) is 5.84. The third-order valence-corrected chi connectivity index (χ3v) is 5.01. The molecule has 134 valence electrons. The summed E-state index contributed by atoms with van der Waals surface area (Å²) in [6, 6.07) is 14.3. The van der Waals surface area contributed by atoms with Gasteiger partial charge < -0.3 is 9.88 Å². The second-order valence-corrected chi connectivity index (χ2v) is 6.78. The van der Waals surface area contributed by atoms with Crippen LogP contribution < -0.4 is 5.32 Å². The normalized spacial score (nSPS) is 10.7. The molecular formula is C19H19FN4OS. The number of aromatic nitrogens is 3. The van der Waals surface area contributed by atoms with E-state index in [9.17, 15) is 9.18 Å². The number of hydrogen-bond acceptors (Lipinski definition) is 4. The van der Waals surface area contributed by atoms with Crippen molar-refractivity contribution >= 4 is 17.7 Å². The lowest BCUT2D eigenvalue weighted by molar-refractivity contribution is -0.118. The number of carbonyl (C=O) groups excluding carboxylic acids is 1. The van der Waals surface area contributed by atoms with Gasteiger partial charge in [-0.2, -0.15) is 0 Å². The predicted octanol–water partition coefficient (Wildman–Crippen LogP) is 3.34. The van der Waals surface area contributed by atoms with Crippen LogP contribution in [0, 0.1) is 12.7 Å². The van der Waals surface area contributed by atoms with Crippen LogP contribution in [0.1, 0.15) is 11.1 Å². The molecule has 0 aliphatic carbocycles. The molecule has 0 atom stereocenters. The van der Waals surface area contributed by atoms with Gasteiger partial charge in [0.25, 0.3) is 0 Å². The van der Waals surface area contributed by atoms with Gasteiger partial charge in [0.1, 0.15) is 5.82 Å². The number of amides is 1. The zero-order chi connectivity index (χ0) is 18.5. The Bertz CT molecular complexity index is 925. The summed E-state index contributed by atoms with van der Waals surface area (Å²) in [6.07, 6.45) is 0. The smallest absolute Gasteiger partial charge is 0.230 e. The topological polar surface area (TPSA) is 59.8 Å². The molecule has 2 aromatic carbocycles. The molecule has 1 aromatic heterocycles. The minimum absolute atomic E-state index is 0.166. The lowest BCUT2D eigenvalue weighted by Crippen LogP contribution is -2.25. The third-order valence-electron chi connectivity index (χ3n) is 3.99. The van der Waals surface area contributed by atoms with Crippen molar-refractivity contribution in [3.8, 4) is 11.4 Å². The van der Waals surface area contributed by atoms with E-state index in [1.165, 1.54) is 17.8 Å². The summed E-state index contributed by atoms with van der Waals surface area (Å²) in [7, 11) is 1.88. The Kier molecular flexibility index (Phi) is 5.68. The number of carbonyl (C=O) groups is 1. The van der Waals surface area contributed by atoms with Crippen molar-refractivity contribution in [3.63, 3.8) is 0 Å². The molecule has 0 saturated carbocycles. The van der Waals surface area contributed by atoms with Crippen LogP contribution in [0.2, 0.25) is 0 Å². The first-order valence-electron chi connectivity index (χ1n) is 8.14. The van der Waals surface area contributed by atoms with Crippen molar-refractivity contribution < 1.29 is 9.18 Å². The summed E-state index contributed by atoms with van der Waals surface area (Å²) in [5.74, 6) is 0.446. The first-order valence-corrected chi connectivity index (χ1v) is 9.13. The highest BCUT2D eigenvalue weighted by atomic mass is 32.2. The zero-order valence-corrected chi connectivity index (χ0v) is 15.4. The fourth-order valence-electron chi connectivity index (χ4n) is 2.52. The van der Waals surface area contributed by atoms with Crippen LogP contribution in [0.15, 0.2) is 53.7 Å². The monoisotopic (exact) mass is 370 g/mol. The van der Waals surface area contributed by atoms with E-state index >= 15 is 0 Å². The average molecular weight is 370 g/mol. The van der Waals surface area contributed by atoms with Gasteiger partial charge in [-0.25, -0.2) is 4.39 Å². The molecular weight excluding hydrogens is 351 g/mol. The van der Waals surface area contributed by atoms with Crippen LogP contribution in [0.25, 0.3) is 11.4 Å². The van der Waals surface area contributed by atoms with Crippen LogP contribution in [0.3, 0.4) is 0 Å². The van der Waals surface area contributed by atoms with E-state index in [0.29, 0.717) is 10.7 Å². The highest BCUT2D eigenvalue weighted by molar-refractivity contribution is 7.99.